The zero-order valence-electron chi connectivity index (χ0n) is 27.7. The molecule has 10 heteroatoms. The summed E-state index contributed by atoms with van der Waals surface area (Å²) in [7, 11) is 0. The minimum Gasteiger partial charge on any atom is -0.444 e. The molecule has 9 nitrogen and oxygen atoms in total. The highest BCUT2D eigenvalue weighted by molar-refractivity contribution is 6.12. The normalized spacial score (nSPS) is 21.7. The van der Waals surface area contributed by atoms with E-state index in [1.165, 1.54) is 0 Å². The fourth-order valence-corrected chi connectivity index (χ4v) is 7.86. The summed E-state index contributed by atoms with van der Waals surface area (Å²) in [4.78, 5) is 27.1. The first-order valence-electron chi connectivity index (χ1n) is 16.8. The Hall–Kier alpha value is -4.31. The lowest BCUT2D eigenvalue weighted by atomic mass is 9.95. The van der Waals surface area contributed by atoms with Gasteiger partial charge in [-0.3, -0.25) is 9.88 Å². The molecule has 0 N–H and O–H groups in total. The Labute approximate surface area is 273 Å². The van der Waals surface area contributed by atoms with Gasteiger partial charge in [-0.05, 0) is 89.1 Å². The zero-order valence-corrected chi connectivity index (χ0v) is 27.7. The molecule has 3 saturated heterocycles. The van der Waals surface area contributed by atoms with Crippen molar-refractivity contribution in [3.63, 3.8) is 0 Å². The van der Waals surface area contributed by atoms with Gasteiger partial charge in [-0.25, -0.2) is 18.9 Å². The number of benzene rings is 2. The number of aromatic nitrogens is 4. The number of hydrogen-bond acceptors (Lipinski definition) is 7. The van der Waals surface area contributed by atoms with Gasteiger partial charge >= 0.3 is 6.09 Å². The maximum atomic E-state index is 17.2. The van der Waals surface area contributed by atoms with Crippen molar-refractivity contribution < 1.29 is 18.7 Å². The maximum absolute atomic E-state index is 17.2. The van der Waals surface area contributed by atoms with E-state index in [9.17, 15) is 4.79 Å². The van der Waals surface area contributed by atoms with Gasteiger partial charge in [0.1, 0.15) is 17.1 Å². The Kier molecular flexibility index (Phi) is 7.13. The fraction of sp³-hybridized carbons (Fsp3) is 0.459. The van der Waals surface area contributed by atoms with Crippen LogP contribution in [0.3, 0.4) is 0 Å². The van der Waals surface area contributed by atoms with Crippen molar-refractivity contribution in [2.75, 3.05) is 24.6 Å². The fourth-order valence-electron chi connectivity index (χ4n) is 7.86. The van der Waals surface area contributed by atoms with E-state index in [1.807, 2.05) is 68.6 Å². The molecule has 244 valence electrons. The summed E-state index contributed by atoms with van der Waals surface area (Å²) in [6.07, 6.45) is 8.03. The van der Waals surface area contributed by atoms with Gasteiger partial charge < -0.3 is 14.4 Å². The molecule has 8 rings (SSSR count). The van der Waals surface area contributed by atoms with Gasteiger partial charge in [0.25, 0.3) is 0 Å². The minimum absolute atomic E-state index is 0.00721. The van der Waals surface area contributed by atoms with Crippen LogP contribution in [0, 0.1) is 19.7 Å². The molecule has 3 aliphatic heterocycles. The molecule has 3 fully saturated rings. The Morgan fingerprint density at radius 3 is 2.49 bits per heavy atom. The number of ether oxygens (including phenoxy) is 2. The van der Waals surface area contributed by atoms with Gasteiger partial charge in [0.2, 0.25) is 0 Å². The van der Waals surface area contributed by atoms with Crippen LogP contribution in [-0.4, -0.2) is 68.1 Å². The van der Waals surface area contributed by atoms with Crippen LogP contribution in [0.1, 0.15) is 70.4 Å². The van der Waals surface area contributed by atoms with E-state index < -0.39 is 5.60 Å². The van der Waals surface area contributed by atoms with E-state index in [0.29, 0.717) is 42.0 Å². The first kappa shape index (κ1) is 30.1. The van der Waals surface area contributed by atoms with E-state index in [1.54, 1.807) is 6.20 Å². The predicted molar refractivity (Wildman–Crippen MR) is 181 cm³/mol. The Morgan fingerprint density at radius 2 is 1.77 bits per heavy atom. The Bertz CT molecular complexity index is 2030. The van der Waals surface area contributed by atoms with Crippen LogP contribution in [0.5, 0.6) is 0 Å². The van der Waals surface area contributed by atoms with E-state index in [2.05, 4.69) is 17.0 Å². The molecule has 2 bridgehead atoms. The highest BCUT2D eigenvalue weighted by atomic mass is 19.1. The molecule has 0 saturated carbocycles. The molecule has 1 amide bonds. The third-order valence-electron chi connectivity index (χ3n) is 10.1. The van der Waals surface area contributed by atoms with Crippen LogP contribution >= 0.6 is 0 Å². The van der Waals surface area contributed by atoms with Crippen molar-refractivity contribution in [2.24, 2.45) is 0 Å². The maximum Gasteiger partial charge on any atom is 0.410 e. The SMILES string of the molecule is Cc1nc(N2CC3CCC(C2)N3C(=O)OC(C)(C)C)c2cnc(-c3c4ccccc4cc4c3cnn4C3CCCCO3)c(F)c2c1C. The number of fused-ring (bicyclic) bond motifs is 5. The molecule has 2 aromatic carbocycles. The molecule has 0 spiro atoms. The number of carbonyl (C=O) groups is 1. The van der Waals surface area contributed by atoms with Crippen molar-refractivity contribution in [2.45, 2.75) is 90.6 Å². The molecular formula is C37H41FN6O3. The first-order valence-corrected chi connectivity index (χ1v) is 16.8. The number of hydrogen-bond donors (Lipinski definition) is 0. The molecule has 3 aromatic heterocycles. The predicted octanol–water partition coefficient (Wildman–Crippen LogP) is 7.84. The Balaban J connectivity index is 1.24. The molecule has 0 aliphatic carbocycles. The van der Waals surface area contributed by atoms with Crippen molar-refractivity contribution >= 4 is 44.4 Å². The second-order valence-electron chi connectivity index (χ2n) is 14.3. The smallest absolute Gasteiger partial charge is 0.410 e. The average molecular weight is 637 g/mol. The number of aryl methyl sites for hydroxylation is 2. The molecule has 3 unspecified atom stereocenters. The third kappa shape index (κ3) is 4.99. The van der Waals surface area contributed by atoms with E-state index in [0.717, 1.165) is 70.6 Å². The van der Waals surface area contributed by atoms with E-state index in [4.69, 9.17) is 24.5 Å². The number of amides is 1. The number of nitrogens with zero attached hydrogens (tertiary/aromatic N) is 6. The third-order valence-corrected chi connectivity index (χ3v) is 10.1. The average Bonchev–Trinajstić information content (AvgIpc) is 3.59. The number of pyridine rings is 2. The number of carbonyl (C=O) groups excluding carboxylic acids is 1. The van der Waals surface area contributed by atoms with Crippen molar-refractivity contribution in [3.05, 3.63) is 59.8 Å². The van der Waals surface area contributed by atoms with Crippen molar-refractivity contribution in [1.82, 2.24) is 24.6 Å². The summed E-state index contributed by atoms with van der Waals surface area (Å²) in [6, 6.07) is 10.2. The summed E-state index contributed by atoms with van der Waals surface area (Å²) >= 11 is 0. The van der Waals surface area contributed by atoms with E-state index >= 15 is 4.39 Å². The van der Waals surface area contributed by atoms with Crippen LogP contribution in [0.15, 0.2) is 42.7 Å². The van der Waals surface area contributed by atoms with Gasteiger partial charge in [0.15, 0.2) is 12.0 Å². The highest BCUT2D eigenvalue weighted by Gasteiger charge is 2.45. The number of piperazine rings is 1. The van der Waals surface area contributed by atoms with Crippen LogP contribution in [0.4, 0.5) is 15.0 Å². The van der Waals surface area contributed by atoms with Gasteiger partial charge in [0, 0.05) is 53.3 Å². The lowest BCUT2D eigenvalue weighted by Gasteiger charge is -2.42. The summed E-state index contributed by atoms with van der Waals surface area (Å²) in [5.41, 5.74) is 2.96. The lowest BCUT2D eigenvalue weighted by molar-refractivity contribution is -0.0366. The number of anilines is 1. The minimum atomic E-state index is -0.557. The van der Waals surface area contributed by atoms with Gasteiger partial charge in [0.05, 0.1) is 23.8 Å². The van der Waals surface area contributed by atoms with Gasteiger partial charge in [-0.1, -0.05) is 24.3 Å². The molecule has 3 aliphatic rings. The molecule has 5 aromatic rings. The van der Waals surface area contributed by atoms with Crippen LogP contribution in [0.25, 0.3) is 43.7 Å². The number of halogens is 1. The molecule has 3 atom stereocenters. The summed E-state index contributed by atoms with van der Waals surface area (Å²) in [5, 5.41) is 8.76. The second kappa shape index (κ2) is 11.1. The summed E-state index contributed by atoms with van der Waals surface area (Å²) < 4.78 is 31.0. The van der Waals surface area contributed by atoms with E-state index in [-0.39, 0.29) is 30.2 Å². The molecule has 0 radical (unpaired) electrons. The highest BCUT2D eigenvalue weighted by Crippen LogP contribution is 2.42. The van der Waals surface area contributed by atoms with Crippen LogP contribution < -0.4 is 4.90 Å². The molecular weight excluding hydrogens is 595 g/mol. The first-order chi connectivity index (χ1) is 22.6. The standard InChI is InChI=1S/C37H41FN6O3/c1-21-22(2)41-35(42-19-24-13-14-25(20-42)43(24)36(45)47-37(3,4)5)28-17-39-34(33(38)31(21)28)32-26-11-7-6-10-23(26)16-29-27(32)18-40-44(29)30-12-8-9-15-46-30/h6-7,10-11,16-18,24-25,30H,8-9,12-15,19-20H2,1-5H3. The monoisotopic (exact) mass is 636 g/mol. The molecule has 6 heterocycles. The van der Waals surface area contributed by atoms with Gasteiger partial charge in [-0.15, -0.1) is 0 Å². The number of rotatable bonds is 3. The van der Waals surface area contributed by atoms with Crippen molar-refractivity contribution in [3.8, 4) is 11.3 Å². The zero-order chi connectivity index (χ0) is 32.6. The van der Waals surface area contributed by atoms with Gasteiger partial charge in [-0.2, -0.15) is 5.10 Å². The topological polar surface area (TPSA) is 85.6 Å². The van der Waals surface area contributed by atoms with Crippen LogP contribution in [0.2, 0.25) is 0 Å². The van der Waals surface area contributed by atoms with Crippen molar-refractivity contribution in [1.29, 1.82) is 0 Å². The summed E-state index contributed by atoms with van der Waals surface area (Å²) in [6.45, 7) is 11.5. The molecule has 47 heavy (non-hydrogen) atoms. The lowest BCUT2D eigenvalue weighted by Crippen LogP contribution is -2.57. The quantitative estimate of drug-likeness (QED) is 0.199. The second-order valence-corrected chi connectivity index (χ2v) is 14.3. The summed E-state index contributed by atoms with van der Waals surface area (Å²) in [5.74, 6) is 0.355. The largest absolute Gasteiger partial charge is 0.444 e. The van der Waals surface area contributed by atoms with Crippen LogP contribution in [-0.2, 0) is 9.47 Å². The Morgan fingerprint density at radius 1 is 1.00 bits per heavy atom.